The molecule has 5 aromatic carbocycles. The van der Waals surface area contributed by atoms with Gasteiger partial charge in [-0.3, -0.25) is 29.9 Å². The summed E-state index contributed by atoms with van der Waals surface area (Å²) in [4.78, 5) is 42.2. The lowest BCUT2D eigenvalue weighted by Gasteiger charge is -2.07. The number of carboxylic acids is 1. The fourth-order valence-corrected chi connectivity index (χ4v) is 6.69. The number of nitrogens with zero attached hydrogens (tertiary/aromatic N) is 5. The average Bonchev–Trinajstić information content (AvgIpc) is 4.13. The van der Waals surface area contributed by atoms with E-state index in [-0.39, 0.29) is 41.2 Å². The van der Waals surface area contributed by atoms with Gasteiger partial charge in [0.2, 0.25) is 5.91 Å². The van der Waals surface area contributed by atoms with Gasteiger partial charge < -0.3 is 51.9 Å². The number of benzene rings is 5. The second-order valence-corrected chi connectivity index (χ2v) is 14.9. The lowest BCUT2D eigenvalue weighted by Crippen LogP contribution is -2.14. The van der Waals surface area contributed by atoms with Gasteiger partial charge in [0.1, 0.15) is 17.0 Å². The molecule has 1 aliphatic heterocycles. The van der Waals surface area contributed by atoms with E-state index in [4.69, 9.17) is 59.7 Å². The van der Waals surface area contributed by atoms with Crippen molar-refractivity contribution >= 4 is 102 Å². The number of nitrogens with two attached hydrogens (primary N) is 3. The van der Waals surface area contributed by atoms with Gasteiger partial charge in [-0.1, -0.05) is 40.4 Å². The highest BCUT2D eigenvalue weighted by molar-refractivity contribution is 6.32. The maximum atomic E-state index is 12.2. The number of aromatic nitrogens is 6. The predicted molar refractivity (Wildman–Crippen MR) is 255 cm³/mol. The van der Waals surface area contributed by atoms with Crippen LogP contribution < -0.4 is 32.0 Å². The number of aromatic amines is 3. The summed E-state index contributed by atoms with van der Waals surface area (Å²) >= 11 is 11.9. The lowest BCUT2D eigenvalue weighted by molar-refractivity contribution is -0.387. The van der Waals surface area contributed by atoms with Crippen LogP contribution in [0.3, 0.4) is 0 Å². The summed E-state index contributed by atoms with van der Waals surface area (Å²) in [6.45, 7) is 2.00. The number of aliphatic carboxylic acids is 1. The first-order valence-corrected chi connectivity index (χ1v) is 20.6. The second-order valence-electron chi connectivity index (χ2n) is 14.1. The van der Waals surface area contributed by atoms with Crippen LogP contribution in [-0.2, 0) is 27.2 Å². The normalized spacial score (nSPS) is 11.4. The van der Waals surface area contributed by atoms with Crippen molar-refractivity contribution in [3.63, 3.8) is 0 Å². The van der Waals surface area contributed by atoms with E-state index in [0.29, 0.717) is 50.1 Å². The lowest BCUT2D eigenvalue weighted by atomic mass is 10.1. The molecule has 1 amide bonds. The second kappa shape index (κ2) is 23.6. The summed E-state index contributed by atoms with van der Waals surface area (Å²) in [6.07, 6.45) is 2.75. The van der Waals surface area contributed by atoms with Crippen LogP contribution in [-0.4, -0.2) is 84.9 Å². The molecule has 0 radical (unpaired) electrons. The molecule has 1 aliphatic rings. The Labute approximate surface area is 390 Å². The van der Waals surface area contributed by atoms with Crippen LogP contribution in [0.15, 0.2) is 91.0 Å². The molecule has 1 saturated heterocycles. The minimum absolute atomic E-state index is 0.0241. The summed E-state index contributed by atoms with van der Waals surface area (Å²) in [5.74, 6) is 0.805. The highest BCUT2D eigenvalue weighted by Gasteiger charge is 2.17. The maximum absolute atomic E-state index is 12.2. The Hall–Kier alpha value is -8.21. The van der Waals surface area contributed by atoms with Crippen molar-refractivity contribution in [1.82, 2.24) is 30.6 Å². The van der Waals surface area contributed by atoms with Gasteiger partial charge in [-0.2, -0.15) is 10.2 Å². The van der Waals surface area contributed by atoms with Gasteiger partial charge in [0.25, 0.3) is 5.69 Å². The third-order valence-electron chi connectivity index (χ3n) is 9.38. The van der Waals surface area contributed by atoms with Crippen molar-refractivity contribution in [2.45, 2.75) is 25.7 Å². The van der Waals surface area contributed by atoms with E-state index in [1.54, 1.807) is 61.7 Å². The number of non-ortho nitro benzene ring substituents is 1. The molecular formula is C43H44Cl2N12O10. The quantitative estimate of drug-likeness (QED) is 0.0387. The van der Waals surface area contributed by atoms with Crippen molar-refractivity contribution in [2.75, 3.05) is 50.0 Å². The number of carboxylic acid groups (broad SMARTS) is 1. The molecule has 350 valence electrons. The first kappa shape index (κ1) is 49.8. The average molecular weight is 960 g/mol. The standard InChI is InChI=1S/C16H15ClN4O2.C9H9ClO3.C7H4N4O4.C7H8N4.C4H8O/c1-23-14-5-2-9(6-12(14)17)7-15(22)19-10-3-4-11-13(8-10)20-21-16(11)18;1-13-8-3-2-6(4-7(8)10)5-9(11)12;12-10(13)4-1-2-5-6(3-4)8-9-7(5)11(14)15;8-4-1-2-5-6(3-4)10-11-7(5)9;1-2-4-5-3-1/h2-6,8H,7H2,1H3,(H,19,22)(H3,18,20,21);2-4H,5H2,1H3,(H,11,12);1-3H,(H,8,9);1-3H,8H2,(H3,9,10,11);1-4H2. The summed E-state index contributed by atoms with van der Waals surface area (Å²) in [5, 5.41) is 54.3. The number of carbonyl (C=O) groups excluding carboxylic acids is 1. The Balaban J connectivity index is 0.000000167. The Kier molecular flexibility index (Phi) is 17.6. The van der Waals surface area contributed by atoms with Gasteiger partial charge in [-0.25, -0.2) is 0 Å². The number of carbonyl (C=O) groups is 2. The van der Waals surface area contributed by atoms with E-state index in [1.165, 1.54) is 38.2 Å². The van der Waals surface area contributed by atoms with Crippen LogP contribution in [0.25, 0.3) is 32.7 Å². The molecule has 0 atom stereocenters. The number of methoxy groups -OCH3 is 2. The van der Waals surface area contributed by atoms with Gasteiger partial charge in [0.05, 0.1) is 58.4 Å². The largest absolute Gasteiger partial charge is 0.495 e. The number of amides is 1. The van der Waals surface area contributed by atoms with Crippen LogP contribution in [0.5, 0.6) is 11.5 Å². The number of halogens is 2. The number of ether oxygens (including phenoxy) is 3. The number of nitro benzene ring substituents is 1. The number of nitrogens with one attached hydrogen (secondary N) is 4. The van der Waals surface area contributed by atoms with E-state index in [0.717, 1.165) is 40.6 Å². The molecule has 67 heavy (non-hydrogen) atoms. The first-order valence-electron chi connectivity index (χ1n) is 19.8. The zero-order chi connectivity index (χ0) is 48.6. The van der Waals surface area contributed by atoms with E-state index < -0.39 is 15.8 Å². The number of rotatable bonds is 9. The molecule has 4 heterocycles. The number of fused-ring (bicyclic) bond motifs is 3. The monoisotopic (exact) mass is 958 g/mol. The minimum atomic E-state index is -0.874. The fraction of sp³-hybridized carbons (Fsp3) is 0.186. The van der Waals surface area contributed by atoms with E-state index >= 15 is 0 Å². The van der Waals surface area contributed by atoms with Gasteiger partial charge in [-0.05, 0) is 95.6 Å². The molecule has 0 bridgehead atoms. The number of anilines is 4. The number of H-pyrrole nitrogens is 3. The van der Waals surface area contributed by atoms with Gasteiger partial charge in [0.15, 0.2) is 11.6 Å². The summed E-state index contributed by atoms with van der Waals surface area (Å²) in [5.41, 5.74) is 21.4. The molecule has 9 rings (SSSR count). The van der Waals surface area contributed by atoms with Gasteiger partial charge in [-0.15, -0.1) is 5.10 Å². The van der Waals surface area contributed by atoms with Crippen molar-refractivity contribution in [3.8, 4) is 11.5 Å². The van der Waals surface area contributed by atoms with E-state index in [2.05, 4.69) is 35.9 Å². The zero-order valence-corrected chi connectivity index (χ0v) is 37.3. The van der Waals surface area contributed by atoms with Crippen molar-refractivity contribution in [1.29, 1.82) is 0 Å². The topological polar surface area (TPSA) is 344 Å². The number of nitrogen functional groups attached to an aromatic ring is 3. The Morgan fingerprint density at radius 3 is 1.78 bits per heavy atom. The number of nitro groups is 2. The van der Waals surface area contributed by atoms with Crippen LogP contribution in [0.4, 0.5) is 34.5 Å². The predicted octanol–water partition coefficient (Wildman–Crippen LogP) is 7.87. The van der Waals surface area contributed by atoms with E-state index in [9.17, 15) is 29.8 Å². The molecule has 0 saturated carbocycles. The summed E-state index contributed by atoms with van der Waals surface area (Å²) < 4.78 is 15.0. The SMILES string of the molecule is C1CCOC1.COc1ccc(CC(=O)Nc2ccc3c(N)n[nH]c3c2)cc1Cl.COc1ccc(CC(=O)O)cc1Cl.Nc1ccc2c(N)n[nH]c2c1.O=[N+]([O-])c1ccc2c([N+](=O)[O-])[nH]nc2c1. The molecule has 22 nitrogen and oxygen atoms in total. The third-order valence-corrected chi connectivity index (χ3v) is 9.98. The Morgan fingerprint density at radius 2 is 1.27 bits per heavy atom. The van der Waals surface area contributed by atoms with Crippen LogP contribution in [0, 0.1) is 20.2 Å². The Bertz CT molecular complexity index is 3000. The highest BCUT2D eigenvalue weighted by atomic mass is 35.5. The van der Waals surface area contributed by atoms with Crippen LogP contribution >= 0.6 is 23.2 Å². The smallest absolute Gasteiger partial charge is 0.350 e. The molecule has 8 aromatic rings. The van der Waals surface area contributed by atoms with Crippen molar-refractivity contribution < 1.29 is 38.8 Å². The molecule has 3 aromatic heterocycles. The molecule has 0 unspecified atom stereocenters. The van der Waals surface area contributed by atoms with Crippen molar-refractivity contribution in [3.05, 3.63) is 132 Å². The van der Waals surface area contributed by atoms with Gasteiger partial charge in [0, 0.05) is 47.5 Å². The molecule has 11 N–H and O–H groups in total. The molecule has 0 aliphatic carbocycles. The summed E-state index contributed by atoms with van der Waals surface area (Å²) in [6, 6.07) is 24.7. The van der Waals surface area contributed by atoms with Gasteiger partial charge >= 0.3 is 11.8 Å². The fourth-order valence-electron chi connectivity index (χ4n) is 6.13. The number of hydrogen-bond acceptors (Lipinski definition) is 15. The highest BCUT2D eigenvalue weighted by Crippen LogP contribution is 2.28. The van der Waals surface area contributed by atoms with Crippen molar-refractivity contribution in [2.24, 2.45) is 0 Å². The maximum Gasteiger partial charge on any atom is 0.350 e. The number of hydrogen-bond donors (Lipinski definition) is 8. The summed E-state index contributed by atoms with van der Waals surface area (Å²) in [7, 11) is 3.06. The molecule has 24 heteroatoms. The molecule has 1 fully saturated rings. The third kappa shape index (κ3) is 14.1. The minimum Gasteiger partial charge on any atom is -0.495 e. The Morgan fingerprint density at radius 1 is 0.716 bits per heavy atom. The van der Waals surface area contributed by atoms with Crippen LogP contribution in [0.2, 0.25) is 10.0 Å². The molecular weight excluding hydrogens is 915 g/mol. The zero-order valence-electron chi connectivity index (χ0n) is 35.7. The molecule has 0 spiro atoms. The first-order chi connectivity index (χ1) is 32.1. The van der Waals surface area contributed by atoms with E-state index in [1.807, 2.05) is 18.2 Å². The van der Waals surface area contributed by atoms with Crippen LogP contribution in [0.1, 0.15) is 24.0 Å².